The van der Waals surface area contributed by atoms with Crippen molar-refractivity contribution >= 4 is 11.5 Å². The molecule has 24 heavy (non-hydrogen) atoms. The second kappa shape index (κ2) is 7.36. The monoisotopic (exact) mass is 324 g/mol. The molecule has 2 aromatic rings. The van der Waals surface area contributed by atoms with Crippen molar-refractivity contribution in [1.82, 2.24) is 4.90 Å². The number of non-ortho nitro benzene ring substituents is 1. The first-order valence-corrected chi connectivity index (χ1v) is 8.18. The maximum Gasteiger partial charge on any atom is 0.269 e. The largest absolute Gasteiger partial charge is 0.299 e. The molecule has 0 amide bonds. The summed E-state index contributed by atoms with van der Waals surface area (Å²) in [6.07, 6.45) is 1.72. The van der Waals surface area contributed by atoms with Crippen molar-refractivity contribution in [1.29, 1.82) is 0 Å². The lowest BCUT2D eigenvalue weighted by Crippen LogP contribution is -2.35. The van der Waals surface area contributed by atoms with Crippen LogP contribution in [0.5, 0.6) is 0 Å². The van der Waals surface area contributed by atoms with Crippen LogP contribution in [0.2, 0.25) is 0 Å². The quantitative estimate of drug-likeness (QED) is 0.478. The number of Topliss-reactive ketones (excluding diaryl/α,β-unsaturated/α-hetero) is 1. The number of nitro groups is 1. The van der Waals surface area contributed by atoms with Gasteiger partial charge >= 0.3 is 0 Å². The topological polar surface area (TPSA) is 63.5 Å². The van der Waals surface area contributed by atoms with Gasteiger partial charge in [0.2, 0.25) is 0 Å². The lowest BCUT2D eigenvalue weighted by molar-refractivity contribution is -0.384. The van der Waals surface area contributed by atoms with Crippen molar-refractivity contribution in [2.24, 2.45) is 5.92 Å². The average molecular weight is 324 g/mol. The third kappa shape index (κ3) is 3.86. The van der Waals surface area contributed by atoms with E-state index in [4.69, 9.17) is 0 Å². The van der Waals surface area contributed by atoms with Gasteiger partial charge in [-0.25, -0.2) is 0 Å². The molecule has 0 bridgehead atoms. The van der Waals surface area contributed by atoms with Crippen LogP contribution in [0.3, 0.4) is 0 Å². The molecule has 1 aliphatic rings. The number of nitrogens with zero attached hydrogens (tertiary/aromatic N) is 2. The molecule has 0 aromatic heterocycles. The Balaban J connectivity index is 1.53. The van der Waals surface area contributed by atoms with E-state index >= 15 is 0 Å². The molecule has 3 rings (SSSR count). The number of carbonyl (C=O) groups excluding carboxylic acids is 1. The highest BCUT2D eigenvalue weighted by Gasteiger charge is 2.25. The molecule has 0 saturated carbocycles. The number of hydrogen-bond acceptors (Lipinski definition) is 4. The fraction of sp³-hybridized carbons (Fsp3) is 0.316. The van der Waals surface area contributed by atoms with Crippen LogP contribution in [0, 0.1) is 16.0 Å². The second-order valence-electron chi connectivity index (χ2n) is 6.20. The third-order valence-electron chi connectivity index (χ3n) is 4.57. The number of hydrogen-bond donors (Lipinski definition) is 0. The minimum Gasteiger partial charge on any atom is -0.299 e. The van der Waals surface area contributed by atoms with Gasteiger partial charge in [0.1, 0.15) is 0 Å². The van der Waals surface area contributed by atoms with Gasteiger partial charge in [0, 0.05) is 30.2 Å². The zero-order valence-electron chi connectivity index (χ0n) is 13.4. The number of likely N-dealkylation sites (tertiary alicyclic amines) is 1. The molecule has 2 aromatic carbocycles. The zero-order chi connectivity index (χ0) is 16.9. The van der Waals surface area contributed by atoms with Crippen molar-refractivity contribution in [2.45, 2.75) is 19.4 Å². The normalized spacial score (nSPS) is 16.0. The predicted octanol–water partition coefficient (Wildman–Crippen LogP) is 3.69. The van der Waals surface area contributed by atoms with Crippen molar-refractivity contribution in [3.8, 4) is 0 Å². The van der Waals surface area contributed by atoms with E-state index in [1.807, 2.05) is 30.3 Å². The number of benzene rings is 2. The Morgan fingerprint density at radius 2 is 1.67 bits per heavy atom. The Kier molecular flexibility index (Phi) is 5.01. The molecular formula is C19H20N2O3. The van der Waals surface area contributed by atoms with Gasteiger partial charge in [0.25, 0.3) is 5.69 Å². The highest BCUT2D eigenvalue weighted by atomic mass is 16.6. The molecule has 124 valence electrons. The summed E-state index contributed by atoms with van der Waals surface area (Å²) in [6, 6.07) is 16.2. The predicted molar refractivity (Wildman–Crippen MR) is 91.9 cm³/mol. The first-order valence-electron chi connectivity index (χ1n) is 8.18. The first-order chi connectivity index (χ1) is 11.6. The number of rotatable bonds is 5. The Morgan fingerprint density at radius 1 is 1.04 bits per heavy atom. The summed E-state index contributed by atoms with van der Waals surface area (Å²) in [5, 5.41) is 10.7. The van der Waals surface area contributed by atoms with E-state index in [1.165, 1.54) is 0 Å². The van der Waals surface area contributed by atoms with Gasteiger partial charge in [-0.3, -0.25) is 19.8 Å². The summed E-state index contributed by atoms with van der Waals surface area (Å²) in [5.41, 5.74) is 1.98. The van der Waals surface area contributed by atoms with Crippen molar-refractivity contribution in [3.05, 3.63) is 75.8 Å². The van der Waals surface area contributed by atoms with Gasteiger partial charge in [-0.2, -0.15) is 0 Å². The fourth-order valence-electron chi connectivity index (χ4n) is 3.17. The summed E-state index contributed by atoms with van der Waals surface area (Å²) in [5.74, 6) is 0.339. The van der Waals surface area contributed by atoms with Crippen LogP contribution in [0.4, 0.5) is 5.69 Å². The van der Waals surface area contributed by atoms with Gasteiger partial charge in [-0.05, 0) is 31.5 Å². The van der Waals surface area contributed by atoms with Gasteiger partial charge in [0.05, 0.1) is 4.92 Å². The minimum atomic E-state index is -0.384. The molecule has 0 radical (unpaired) electrons. The Hall–Kier alpha value is -2.53. The van der Waals surface area contributed by atoms with Gasteiger partial charge in [-0.1, -0.05) is 42.5 Å². The number of carbonyl (C=O) groups is 1. The van der Waals surface area contributed by atoms with E-state index in [2.05, 4.69) is 4.90 Å². The summed E-state index contributed by atoms with van der Waals surface area (Å²) in [4.78, 5) is 25.1. The van der Waals surface area contributed by atoms with E-state index in [9.17, 15) is 14.9 Å². The molecule has 0 unspecified atom stereocenters. The minimum absolute atomic E-state index is 0.0977. The van der Waals surface area contributed by atoms with E-state index in [-0.39, 0.29) is 22.3 Å². The molecule has 1 fully saturated rings. The van der Waals surface area contributed by atoms with Crippen molar-refractivity contribution < 1.29 is 9.72 Å². The summed E-state index contributed by atoms with van der Waals surface area (Å²) in [7, 11) is 0. The van der Waals surface area contributed by atoms with Crippen LogP contribution in [0.25, 0.3) is 0 Å². The highest BCUT2D eigenvalue weighted by molar-refractivity contribution is 5.97. The van der Waals surface area contributed by atoms with Crippen LogP contribution in [0.15, 0.2) is 54.6 Å². The number of ketones is 1. The third-order valence-corrected chi connectivity index (χ3v) is 4.57. The molecule has 0 N–H and O–H groups in total. The van der Waals surface area contributed by atoms with Crippen molar-refractivity contribution in [3.63, 3.8) is 0 Å². The van der Waals surface area contributed by atoms with Crippen LogP contribution in [-0.4, -0.2) is 28.7 Å². The molecule has 0 aliphatic carbocycles. The molecule has 5 heteroatoms. The van der Waals surface area contributed by atoms with E-state index in [1.54, 1.807) is 24.3 Å². The van der Waals surface area contributed by atoms with Gasteiger partial charge in [0.15, 0.2) is 5.78 Å². The maximum absolute atomic E-state index is 12.5. The summed E-state index contributed by atoms with van der Waals surface area (Å²) < 4.78 is 0. The van der Waals surface area contributed by atoms with Crippen LogP contribution < -0.4 is 0 Å². The Morgan fingerprint density at radius 3 is 2.25 bits per heavy atom. The lowest BCUT2D eigenvalue weighted by Gasteiger charge is -2.31. The molecule has 1 heterocycles. The first kappa shape index (κ1) is 16.3. The SMILES string of the molecule is O=C(c1ccccc1)C1CCN(Cc2ccc([N+](=O)[O-])cc2)CC1. The molecule has 0 spiro atoms. The van der Waals surface area contributed by atoms with Gasteiger partial charge in [-0.15, -0.1) is 0 Å². The number of piperidine rings is 1. The fourth-order valence-corrected chi connectivity index (χ4v) is 3.17. The van der Waals surface area contributed by atoms with Crippen LogP contribution in [-0.2, 0) is 6.54 Å². The molecule has 1 saturated heterocycles. The standard InChI is InChI=1S/C19H20N2O3/c22-19(16-4-2-1-3-5-16)17-10-12-20(13-11-17)14-15-6-8-18(9-7-15)21(23)24/h1-9,17H,10-14H2. The second-order valence-corrected chi connectivity index (χ2v) is 6.20. The maximum atomic E-state index is 12.5. The smallest absolute Gasteiger partial charge is 0.269 e. The van der Waals surface area contributed by atoms with Crippen molar-refractivity contribution in [2.75, 3.05) is 13.1 Å². The molecule has 0 atom stereocenters. The lowest BCUT2D eigenvalue weighted by atomic mass is 9.89. The summed E-state index contributed by atoms with van der Waals surface area (Å²) in [6.45, 7) is 2.52. The zero-order valence-corrected chi connectivity index (χ0v) is 13.4. The summed E-state index contributed by atoms with van der Waals surface area (Å²) >= 11 is 0. The number of nitro benzene ring substituents is 1. The Labute approximate surface area is 141 Å². The van der Waals surface area contributed by atoms with E-state index in [0.717, 1.165) is 43.6 Å². The molecular weight excluding hydrogens is 304 g/mol. The van der Waals surface area contributed by atoms with E-state index < -0.39 is 0 Å². The molecule has 5 nitrogen and oxygen atoms in total. The van der Waals surface area contributed by atoms with E-state index in [0.29, 0.717) is 0 Å². The van der Waals surface area contributed by atoms with Crippen LogP contribution in [0.1, 0.15) is 28.8 Å². The van der Waals surface area contributed by atoms with Gasteiger partial charge < -0.3 is 0 Å². The molecule has 1 aliphatic heterocycles. The average Bonchev–Trinajstić information content (AvgIpc) is 2.63. The Bertz CT molecular complexity index is 705. The van der Waals surface area contributed by atoms with Crippen LogP contribution >= 0.6 is 0 Å². The highest BCUT2D eigenvalue weighted by Crippen LogP contribution is 2.23.